The zero-order valence-electron chi connectivity index (χ0n) is 13.4. The molecule has 1 heterocycles. The number of carboxylic acid groups (broad SMARTS) is 1. The van der Waals surface area contributed by atoms with E-state index >= 15 is 0 Å². The number of amides is 1. The molecule has 0 aromatic heterocycles. The zero-order valence-corrected chi connectivity index (χ0v) is 14.2. The monoisotopic (exact) mass is 357 g/mol. The second kappa shape index (κ2) is 8.44. The number of hydrogen-bond acceptors (Lipinski definition) is 3. The molecule has 1 aliphatic heterocycles. The highest BCUT2D eigenvalue weighted by Gasteiger charge is 2.37. The molecular weight excluding hydrogens is 337 g/mol. The van der Waals surface area contributed by atoms with Crippen molar-refractivity contribution < 1.29 is 23.8 Å². The summed E-state index contributed by atoms with van der Waals surface area (Å²) in [5.74, 6) is -2.55. The number of aliphatic carboxylic acids is 1. The predicted molar refractivity (Wildman–Crippen MR) is 87.3 cm³/mol. The van der Waals surface area contributed by atoms with Crippen molar-refractivity contribution in [2.24, 2.45) is 5.92 Å². The average molecular weight is 358 g/mol. The minimum absolute atomic E-state index is 0.00301. The molecule has 1 aromatic rings. The van der Waals surface area contributed by atoms with Gasteiger partial charge in [-0.25, -0.2) is 9.18 Å². The fourth-order valence-corrected chi connectivity index (χ4v) is 2.94. The molecule has 1 amide bonds. The molecule has 1 saturated heterocycles. The molecular formula is C17H21ClFNO4. The number of unbranched alkanes of at least 4 members (excludes halogenated alkanes) is 1. The minimum Gasteiger partial charge on any atom is -0.480 e. The van der Waals surface area contributed by atoms with E-state index in [1.807, 2.05) is 6.92 Å². The highest BCUT2D eigenvalue weighted by molar-refractivity contribution is 6.30. The first-order valence-electron chi connectivity index (χ1n) is 8.03. The van der Waals surface area contributed by atoms with Crippen LogP contribution < -0.4 is 5.32 Å². The summed E-state index contributed by atoms with van der Waals surface area (Å²) in [7, 11) is 0. The number of carbonyl (C=O) groups is 2. The maximum absolute atomic E-state index is 13.7. The summed E-state index contributed by atoms with van der Waals surface area (Å²) in [6.45, 7) is 2.32. The summed E-state index contributed by atoms with van der Waals surface area (Å²) in [4.78, 5) is 23.8. The highest BCUT2D eigenvalue weighted by Crippen LogP contribution is 2.36. The van der Waals surface area contributed by atoms with Crippen molar-refractivity contribution in [2.45, 2.75) is 44.8 Å². The van der Waals surface area contributed by atoms with Gasteiger partial charge in [-0.05, 0) is 30.5 Å². The Bertz CT molecular complexity index is 610. The van der Waals surface area contributed by atoms with Crippen molar-refractivity contribution in [3.05, 3.63) is 34.6 Å². The normalized spacial score (nSPS) is 21.5. The van der Waals surface area contributed by atoms with Gasteiger partial charge in [-0.3, -0.25) is 4.79 Å². The largest absolute Gasteiger partial charge is 0.480 e. The number of ether oxygens (including phenoxy) is 1. The molecule has 1 aromatic carbocycles. The van der Waals surface area contributed by atoms with E-state index in [4.69, 9.17) is 16.3 Å². The van der Waals surface area contributed by atoms with Crippen LogP contribution in [0.15, 0.2) is 18.2 Å². The van der Waals surface area contributed by atoms with Crippen molar-refractivity contribution in [1.82, 2.24) is 5.32 Å². The highest BCUT2D eigenvalue weighted by atomic mass is 35.5. The first-order valence-corrected chi connectivity index (χ1v) is 8.41. The van der Waals surface area contributed by atoms with Crippen molar-refractivity contribution >= 4 is 23.5 Å². The van der Waals surface area contributed by atoms with Gasteiger partial charge in [0.15, 0.2) is 0 Å². The van der Waals surface area contributed by atoms with Crippen LogP contribution in [0.2, 0.25) is 5.02 Å². The fourth-order valence-electron chi connectivity index (χ4n) is 2.82. The van der Waals surface area contributed by atoms with Crippen LogP contribution in [-0.4, -0.2) is 29.6 Å². The van der Waals surface area contributed by atoms with E-state index in [1.54, 1.807) is 6.07 Å². The Hall–Kier alpha value is -1.66. The molecule has 5 nitrogen and oxygen atoms in total. The standard InChI is InChI=1S/C17H21ClFNO4/c1-2-3-4-14(17(22)23)20-16(21)11-7-8-24-15(11)10-5-6-12(18)13(19)9-10/h5-6,9,11,14-15H,2-4,7-8H2,1H3,(H,20,21)(H,22,23)/t11-,14+,15+/m1/s1. The Balaban J connectivity index is 2.09. The molecule has 0 aliphatic carbocycles. The Morgan fingerprint density at radius 3 is 2.88 bits per heavy atom. The van der Waals surface area contributed by atoms with Crippen LogP contribution in [0.5, 0.6) is 0 Å². The van der Waals surface area contributed by atoms with Gasteiger partial charge in [0.2, 0.25) is 5.91 Å². The van der Waals surface area contributed by atoms with E-state index in [2.05, 4.69) is 5.32 Å². The summed E-state index contributed by atoms with van der Waals surface area (Å²) in [5, 5.41) is 11.8. The Morgan fingerprint density at radius 1 is 1.50 bits per heavy atom. The Labute approximate surface area is 145 Å². The molecule has 0 radical (unpaired) electrons. The first-order chi connectivity index (χ1) is 11.4. The molecule has 0 spiro atoms. The lowest BCUT2D eigenvalue weighted by Gasteiger charge is -2.21. The molecule has 24 heavy (non-hydrogen) atoms. The van der Waals surface area contributed by atoms with Crippen LogP contribution >= 0.6 is 11.6 Å². The molecule has 1 aliphatic rings. The zero-order chi connectivity index (χ0) is 17.7. The lowest BCUT2D eigenvalue weighted by molar-refractivity contribution is -0.143. The SMILES string of the molecule is CCCC[C@H](NC(=O)[C@@H]1CCO[C@H]1c1ccc(Cl)c(F)c1)C(=O)O. The van der Waals surface area contributed by atoms with Crippen LogP contribution in [0.4, 0.5) is 4.39 Å². The summed E-state index contributed by atoms with van der Waals surface area (Å²) in [6, 6.07) is 3.38. The third kappa shape index (κ3) is 4.45. The van der Waals surface area contributed by atoms with E-state index in [1.165, 1.54) is 12.1 Å². The van der Waals surface area contributed by atoms with Crippen molar-refractivity contribution in [2.75, 3.05) is 6.61 Å². The van der Waals surface area contributed by atoms with Gasteiger partial charge >= 0.3 is 5.97 Å². The van der Waals surface area contributed by atoms with Crippen LogP contribution in [-0.2, 0) is 14.3 Å². The van der Waals surface area contributed by atoms with Crippen LogP contribution in [0.25, 0.3) is 0 Å². The summed E-state index contributed by atoms with van der Waals surface area (Å²) in [5.41, 5.74) is 0.523. The second-order valence-corrected chi connectivity index (χ2v) is 6.31. The van der Waals surface area contributed by atoms with E-state index in [-0.39, 0.29) is 10.9 Å². The topological polar surface area (TPSA) is 75.6 Å². The van der Waals surface area contributed by atoms with Gasteiger partial charge in [0, 0.05) is 6.61 Å². The van der Waals surface area contributed by atoms with Gasteiger partial charge in [0.05, 0.1) is 17.0 Å². The number of carbonyl (C=O) groups excluding carboxylic acids is 1. The lowest BCUT2D eigenvalue weighted by atomic mass is 9.94. The molecule has 2 rings (SSSR count). The third-order valence-corrected chi connectivity index (χ3v) is 4.47. The molecule has 0 bridgehead atoms. The van der Waals surface area contributed by atoms with E-state index in [0.29, 0.717) is 31.4 Å². The molecule has 3 atom stereocenters. The molecule has 1 fully saturated rings. The molecule has 7 heteroatoms. The van der Waals surface area contributed by atoms with Gasteiger partial charge in [-0.1, -0.05) is 37.4 Å². The predicted octanol–water partition coefficient (Wildman–Crippen LogP) is 3.32. The van der Waals surface area contributed by atoms with Gasteiger partial charge in [-0.2, -0.15) is 0 Å². The maximum Gasteiger partial charge on any atom is 0.326 e. The Morgan fingerprint density at radius 2 is 2.25 bits per heavy atom. The van der Waals surface area contributed by atoms with Crippen LogP contribution in [0.1, 0.15) is 44.3 Å². The maximum atomic E-state index is 13.7. The van der Waals surface area contributed by atoms with E-state index in [0.717, 1.165) is 6.42 Å². The van der Waals surface area contributed by atoms with Crippen molar-refractivity contribution in [1.29, 1.82) is 0 Å². The van der Waals surface area contributed by atoms with Gasteiger partial charge in [0.25, 0.3) is 0 Å². The molecule has 0 unspecified atom stereocenters. The van der Waals surface area contributed by atoms with Crippen LogP contribution in [0, 0.1) is 11.7 Å². The average Bonchev–Trinajstić information content (AvgIpc) is 3.03. The van der Waals surface area contributed by atoms with E-state index < -0.39 is 29.9 Å². The minimum atomic E-state index is -1.05. The number of hydrogen-bond donors (Lipinski definition) is 2. The smallest absolute Gasteiger partial charge is 0.326 e. The summed E-state index contributed by atoms with van der Waals surface area (Å²) >= 11 is 5.68. The van der Waals surface area contributed by atoms with Crippen molar-refractivity contribution in [3.8, 4) is 0 Å². The number of benzene rings is 1. The van der Waals surface area contributed by atoms with E-state index in [9.17, 15) is 19.1 Å². The second-order valence-electron chi connectivity index (χ2n) is 5.90. The summed E-state index contributed by atoms with van der Waals surface area (Å²) in [6.07, 6.45) is 1.80. The third-order valence-electron chi connectivity index (χ3n) is 4.16. The fraction of sp³-hybridized carbons (Fsp3) is 0.529. The number of nitrogens with one attached hydrogen (secondary N) is 1. The van der Waals surface area contributed by atoms with Crippen LogP contribution in [0.3, 0.4) is 0 Å². The Kier molecular flexibility index (Phi) is 6.57. The van der Waals surface area contributed by atoms with Gasteiger partial charge in [-0.15, -0.1) is 0 Å². The first kappa shape index (κ1) is 18.7. The molecule has 132 valence electrons. The molecule has 0 saturated carbocycles. The lowest BCUT2D eigenvalue weighted by Crippen LogP contribution is -2.44. The molecule has 2 N–H and O–H groups in total. The van der Waals surface area contributed by atoms with Gasteiger partial charge < -0.3 is 15.2 Å². The number of carboxylic acids is 1. The van der Waals surface area contributed by atoms with Crippen molar-refractivity contribution in [3.63, 3.8) is 0 Å². The summed E-state index contributed by atoms with van der Waals surface area (Å²) < 4.78 is 19.2. The number of halogens is 2. The van der Waals surface area contributed by atoms with Gasteiger partial charge in [0.1, 0.15) is 11.9 Å². The number of rotatable bonds is 7. The quantitative estimate of drug-likeness (QED) is 0.785.